The van der Waals surface area contributed by atoms with E-state index in [1.807, 2.05) is 31.2 Å². The third kappa shape index (κ3) is 5.17. The van der Waals surface area contributed by atoms with Gasteiger partial charge in [0.2, 0.25) is 5.91 Å². The molecule has 1 fully saturated rings. The molecule has 6 nitrogen and oxygen atoms in total. The van der Waals surface area contributed by atoms with Crippen molar-refractivity contribution >= 4 is 29.0 Å². The Labute approximate surface area is 203 Å². The molecule has 1 atom stereocenters. The van der Waals surface area contributed by atoms with E-state index in [0.29, 0.717) is 21.7 Å². The molecule has 2 aromatic carbocycles. The highest BCUT2D eigenvalue weighted by atomic mass is 32.1. The summed E-state index contributed by atoms with van der Waals surface area (Å²) in [6, 6.07) is 11.2. The predicted octanol–water partition coefficient (Wildman–Crippen LogP) is 5.44. The molecule has 8 heteroatoms. The number of rotatable bonds is 6. The number of anilines is 1. The molecule has 0 spiro atoms. The van der Waals surface area contributed by atoms with Crippen LogP contribution in [0, 0.1) is 26.6 Å². The molecule has 178 valence electrons. The second kappa shape index (κ2) is 10.4. The van der Waals surface area contributed by atoms with Crippen LogP contribution in [0.5, 0.6) is 0 Å². The molecule has 4 rings (SSSR count). The van der Waals surface area contributed by atoms with Crippen molar-refractivity contribution in [2.24, 2.45) is 0 Å². The highest BCUT2D eigenvalue weighted by molar-refractivity contribution is 7.05. The summed E-state index contributed by atoms with van der Waals surface area (Å²) in [5, 5.41) is 7.18. The number of nitrogens with one attached hydrogen (secondary N) is 1. The monoisotopic (exact) mass is 480 g/mol. The van der Waals surface area contributed by atoms with Crippen molar-refractivity contribution < 1.29 is 14.0 Å². The zero-order chi connectivity index (χ0) is 24.2. The normalized spacial score (nSPS) is 15.1. The van der Waals surface area contributed by atoms with Gasteiger partial charge in [0, 0.05) is 11.7 Å². The van der Waals surface area contributed by atoms with Crippen LogP contribution in [0.1, 0.15) is 70.2 Å². The van der Waals surface area contributed by atoms with Crippen LogP contribution in [0.25, 0.3) is 0 Å². The average molecular weight is 481 g/mol. The lowest BCUT2D eigenvalue weighted by Gasteiger charge is -2.33. The molecule has 1 unspecified atom stereocenters. The largest absolute Gasteiger partial charge is 0.351 e. The smallest absolute Gasteiger partial charge is 0.281 e. The molecular formula is C26H29FN4O2S. The topological polar surface area (TPSA) is 75.2 Å². The number of benzene rings is 2. The van der Waals surface area contributed by atoms with Crippen molar-refractivity contribution in [3.05, 3.63) is 75.5 Å². The zero-order valence-corrected chi connectivity index (χ0v) is 20.5. The van der Waals surface area contributed by atoms with Crippen LogP contribution in [-0.4, -0.2) is 27.4 Å². The number of aryl methyl sites for hydroxylation is 3. The van der Waals surface area contributed by atoms with Gasteiger partial charge >= 0.3 is 0 Å². The summed E-state index contributed by atoms with van der Waals surface area (Å²) < 4.78 is 18.6. The first kappa shape index (κ1) is 24.0. The lowest BCUT2D eigenvalue weighted by molar-refractivity contribution is -0.123. The molecule has 3 aromatic rings. The van der Waals surface area contributed by atoms with E-state index < -0.39 is 17.8 Å². The number of amides is 2. The Hall–Kier alpha value is -3.13. The van der Waals surface area contributed by atoms with E-state index in [9.17, 15) is 14.0 Å². The Morgan fingerprint density at radius 1 is 1.06 bits per heavy atom. The van der Waals surface area contributed by atoms with Crippen LogP contribution >= 0.6 is 11.5 Å². The summed E-state index contributed by atoms with van der Waals surface area (Å²) in [5.41, 5.74) is 2.60. The maximum Gasteiger partial charge on any atom is 0.281 e. The number of nitrogens with zero attached hydrogens (tertiary/aromatic N) is 3. The van der Waals surface area contributed by atoms with Crippen molar-refractivity contribution in [2.75, 3.05) is 4.90 Å². The van der Waals surface area contributed by atoms with Gasteiger partial charge < -0.3 is 5.32 Å². The molecule has 34 heavy (non-hydrogen) atoms. The number of hydrogen-bond donors (Lipinski definition) is 1. The molecule has 1 saturated carbocycles. The molecule has 1 aromatic heterocycles. The molecule has 0 saturated heterocycles. The fourth-order valence-corrected chi connectivity index (χ4v) is 4.81. The third-order valence-corrected chi connectivity index (χ3v) is 6.99. The van der Waals surface area contributed by atoms with Crippen LogP contribution in [0.2, 0.25) is 0 Å². The lowest BCUT2D eigenvalue weighted by atomic mass is 9.94. The summed E-state index contributed by atoms with van der Waals surface area (Å²) in [7, 11) is 0. The van der Waals surface area contributed by atoms with E-state index in [4.69, 9.17) is 0 Å². The Morgan fingerprint density at radius 2 is 1.76 bits per heavy atom. The molecule has 1 heterocycles. The van der Waals surface area contributed by atoms with Gasteiger partial charge in [0.15, 0.2) is 5.69 Å². The van der Waals surface area contributed by atoms with Crippen LogP contribution in [0.4, 0.5) is 10.1 Å². The minimum atomic E-state index is -0.988. The van der Waals surface area contributed by atoms with Crippen LogP contribution in [0.15, 0.2) is 42.5 Å². The third-order valence-electron chi connectivity index (χ3n) is 6.36. The second-order valence-corrected chi connectivity index (χ2v) is 9.90. The van der Waals surface area contributed by atoms with E-state index >= 15 is 0 Å². The summed E-state index contributed by atoms with van der Waals surface area (Å²) in [4.78, 5) is 29.6. The first-order valence-corrected chi connectivity index (χ1v) is 12.4. The van der Waals surface area contributed by atoms with Crippen LogP contribution < -0.4 is 10.2 Å². The zero-order valence-electron chi connectivity index (χ0n) is 19.7. The molecule has 0 aliphatic heterocycles. The molecule has 1 aliphatic rings. The second-order valence-electron chi connectivity index (χ2n) is 8.94. The maximum absolute atomic E-state index is 14.7. The van der Waals surface area contributed by atoms with Gasteiger partial charge in [0.05, 0.1) is 4.88 Å². The Bertz CT molecular complexity index is 1170. The predicted molar refractivity (Wildman–Crippen MR) is 132 cm³/mol. The first-order chi connectivity index (χ1) is 16.3. The lowest BCUT2D eigenvalue weighted by Crippen LogP contribution is -2.47. The van der Waals surface area contributed by atoms with Gasteiger partial charge in [-0.15, -0.1) is 5.10 Å². The van der Waals surface area contributed by atoms with Crippen molar-refractivity contribution in [2.45, 2.75) is 65.0 Å². The number of aromatic nitrogens is 2. The summed E-state index contributed by atoms with van der Waals surface area (Å²) in [6.07, 6.45) is 5.12. The van der Waals surface area contributed by atoms with Crippen molar-refractivity contribution in [1.82, 2.24) is 14.9 Å². The van der Waals surface area contributed by atoms with Gasteiger partial charge in [-0.05, 0) is 68.4 Å². The van der Waals surface area contributed by atoms with E-state index in [1.165, 1.54) is 11.0 Å². The summed E-state index contributed by atoms with van der Waals surface area (Å²) in [6.45, 7) is 5.38. The van der Waals surface area contributed by atoms with Gasteiger partial charge in [0.1, 0.15) is 11.9 Å². The van der Waals surface area contributed by atoms with Crippen LogP contribution in [-0.2, 0) is 4.79 Å². The molecule has 0 radical (unpaired) electrons. The number of carbonyl (C=O) groups excluding carboxylic acids is 2. The van der Waals surface area contributed by atoms with E-state index in [0.717, 1.165) is 49.2 Å². The summed E-state index contributed by atoms with van der Waals surface area (Å²) in [5.74, 6) is -1.22. The molecule has 1 N–H and O–H groups in total. The van der Waals surface area contributed by atoms with Gasteiger partial charge in [-0.25, -0.2) is 4.39 Å². The Kier molecular flexibility index (Phi) is 7.36. The molecular weight excluding hydrogens is 451 g/mol. The van der Waals surface area contributed by atoms with Crippen molar-refractivity contribution in [3.8, 4) is 0 Å². The van der Waals surface area contributed by atoms with E-state index in [2.05, 4.69) is 14.9 Å². The van der Waals surface area contributed by atoms with E-state index in [-0.39, 0.29) is 17.6 Å². The highest BCUT2D eigenvalue weighted by Crippen LogP contribution is 2.32. The van der Waals surface area contributed by atoms with Gasteiger partial charge in [-0.1, -0.05) is 59.6 Å². The Morgan fingerprint density at radius 3 is 2.38 bits per heavy atom. The van der Waals surface area contributed by atoms with Crippen LogP contribution in [0.3, 0.4) is 0 Å². The summed E-state index contributed by atoms with van der Waals surface area (Å²) >= 11 is 1.11. The van der Waals surface area contributed by atoms with E-state index in [1.54, 1.807) is 26.0 Å². The molecule has 2 amide bonds. The minimum absolute atomic E-state index is 0.0589. The molecule has 0 bridgehead atoms. The van der Waals surface area contributed by atoms with Gasteiger partial charge in [-0.3, -0.25) is 14.5 Å². The maximum atomic E-state index is 14.7. The first-order valence-electron chi connectivity index (χ1n) is 11.6. The van der Waals surface area contributed by atoms with Gasteiger partial charge in [0.25, 0.3) is 5.91 Å². The SMILES string of the molecule is Cc1ccc(C(C(=O)NC2CCCCC2)N(C(=O)c2nnsc2C)c2ccc(C)c(F)c2)cc1. The fraction of sp³-hybridized carbons (Fsp3) is 0.385. The quantitative estimate of drug-likeness (QED) is 0.510. The fourth-order valence-electron chi connectivity index (χ4n) is 4.35. The highest BCUT2D eigenvalue weighted by Gasteiger charge is 2.36. The number of halogens is 1. The van der Waals surface area contributed by atoms with Crippen molar-refractivity contribution in [3.63, 3.8) is 0 Å². The standard InChI is InChI=1S/C26H29FN4O2S/c1-16-9-12-19(13-10-16)24(25(32)28-20-7-5-4-6-8-20)31(21-14-11-17(2)22(27)15-21)26(33)23-18(3)34-30-29-23/h9-15,20,24H,4-8H2,1-3H3,(H,28,32). The number of hydrogen-bond acceptors (Lipinski definition) is 5. The van der Waals surface area contributed by atoms with Gasteiger partial charge in [-0.2, -0.15) is 0 Å². The minimum Gasteiger partial charge on any atom is -0.351 e. The molecule has 1 aliphatic carbocycles. The Balaban J connectivity index is 1.82. The van der Waals surface area contributed by atoms with Crippen molar-refractivity contribution in [1.29, 1.82) is 0 Å². The average Bonchev–Trinajstić information content (AvgIpc) is 3.26. The number of carbonyl (C=O) groups is 2.